The van der Waals surface area contributed by atoms with Crippen LogP contribution in [0.1, 0.15) is 38.8 Å². The third kappa shape index (κ3) is 3.74. The molecule has 1 fully saturated rings. The van der Waals surface area contributed by atoms with E-state index in [1.807, 2.05) is 45.2 Å². The van der Waals surface area contributed by atoms with E-state index < -0.39 is 0 Å². The van der Waals surface area contributed by atoms with Crippen LogP contribution in [0.2, 0.25) is 0 Å². The maximum Gasteiger partial charge on any atom is 0.319 e. The van der Waals surface area contributed by atoms with E-state index in [2.05, 4.69) is 22.9 Å². The first-order valence-electron chi connectivity index (χ1n) is 7.42. The molecule has 0 bridgehead atoms. The van der Waals surface area contributed by atoms with Crippen molar-refractivity contribution in [2.45, 2.75) is 44.9 Å². The fourth-order valence-corrected chi connectivity index (χ4v) is 2.47. The Labute approximate surface area is 126 Å². The molecule has 5 nitrogen and oxygen atoms in total. The lowest BCUT2D eigenvalue weighted by Crippen LogP contribution is -2.52. The number of ether oxygens (including phenoxy) is 1. The predicted octanol–water partition coefficient (Wildman–Crippen LogP) is 2.66. The molecule has 1 heterocycles. The predicted molar refractivity (Wildman–Crippen MR) is 84.5 cm³/mol. The SMILES string of the molecule is CNC(C)c1cccc(NC(=O)NC2(C)CCOC2C)c1. The van der Waals surface area contributed by atoms with Gasteiger partial charge < -0.3 is 20.7 Å². The highest BCUT2D eigenvalue weighted by Gasteiger charge is 2.38. The molecule has 1 aliphatic rings. The highest BCUT2D eigenvalue weighted by atomic mass is 16.5. The van der Waals surface area contributed by atoms with Crippen LogP contribution in [0.4, 0.5) is 10.5 Å². The number of hydrogen-bond acceptors (Lipinski definition) is 3. The van der Waals surface area contributed by atoms with Crippen LogP contribution >= 0.6 is 0 Å². The Morgan fingerprint density at radius 3 is 2.86 bits per heavy atom. The van der Waals surface area contributed by atoms with Crippen LogP contribution in [0.15, 0.2) is 24.3 Å². The summed E-state index contributed by atoms with van der Waals surface area (Å²) in [5.41, 5.74) is 1.63. The molecule has 0 spiro atoms. The first-order valence-corrected chi connectivity index (χ1v) is 7.42. The van der Waals surface area contributed by atoms with Crippen LogP contribution in [0.5, 0.6) is 0 Å². The molecule has 0 aliphatic carbocycles. The fraction of sp³-hybridized carbons (Fsp3) is 0.562. The van der Waals surface area contributed by atoms with Crippen LogP contribution < -0.4 is 16.0 Å². The summed E-state index contributed by atoms with van der Waals surface area (Å²) in [5, 5.41) is 9.11. The number of hydrogen-bond donors (Lipinski definition) is 3. The number of nitrogens with one attached hydrogen (secondary N) is 3. The first kappa shape index (κ1) is 15.8. The number of benzene rings is 1. The summed E-state index contributed by atoms with van der Waals surface area (Å²) in [5.74, 6) is 0. The molecule has 2 rings (SSSR count). The molecule has 21 heavy (non-hydrogen) atoms. The molecule has 3 unspecified atom stereocenters. The van der Waals surface area contributed by atoms with Crippen molar-refractivity contribution in [3.63, 3.8) is 0 Å². The Balaban J connectivity index is 2.00. The minimum Gasteiger partial charge on any atom is -0.376 e. The quantitative estimate of drug-likeness (QED) is 0.799. The minimum absolute atomic E-state index is 0.0268. The molecule has 1 aromatic rings. The van der Waals surface area contributed by atoms with Crippen molar-refractivity contribution in [1.82, 2.24) is 10.6 Å². The summed E-state index contributed by atoms with van der Waals surface area (Å²) >= 11 is 0. The van der Waals surface area contributed by atoms with E-state index in [9.17, 15) is 4.79 Å². The van der Waals surface area contributed by atoms with Gasteiger partial charge in [-0.15, -0.1) is 0 Å². The zero-order valence-electron chi connectivity index (χ0n) is 13.2. The van der Waals surface area contributed by atoms with Crippen molar-refractivity contribution in [3.8, 4) is 0 Å². The number of anilines is 1. The first-order chi connectivity index (χ1) is 9.94. The summed E-state index contributed by atoms with van der Waals surface area (Å²) < 4.78 is 5.53. The maximum atomic E-state index is 12.2. The van der Waals surface area contributed by atoms with Gasteiger partial charge in [-0.25, -0.2) is 4.79 Å². The number of carbonyl (C=O) groups excluding carboxylic acids is 1. The molecular formula is C16H25N3O2. The van der Waals surface area contributed by atoms with Gasteiger partial charge in [0, 0.05) is 18.3 Å². The highest BCUT2D eigenvalue weighted by Crippen LogP contribution is 2.25. The summed E-state index contributed by atoms with van der Waals surface area (Å²) in [7, 11) is 1.92. The lowest BCUT2D eigenvalue weighted by atomic mass is 9.95. The van der Waals surface area contributed by atoms with Crippen molar-refractivity contribution in [2.24, 2.45) is 0 Å². The monoisotopic (exact) mass is 291 g/mol. The van der Waals surface area contributed by atoms with E-state index in [1.165, 1.54) is 0 Å². The highest BCUT2D eigenvalue weighted by molar-refractivity contribution is 5.89. The molecule has 0 saturated carbocycles. The second-order valence-corrected chi connectivity index (χ2v) is 5.90. The van der Waals surface area contributed by atoms with Crippen molar-refractivity contribution >= 4 is 11.7 Å². The van der Waals surface area contributed by atoms with Crippen LogP contribution in [0, 0.1) is 0 Å². The molecule has 2 amide bonds. The number of urea groups is 1. The molecule has 1 saturated heterocycles. The molecular weight excluding hydrogens is 266 g/mol. The third-order valence-electron chi connectivity index (χ3n) is 4.36. The molecule has 0 aromatic heterocycles. The molecule has 1 aromatic carbocycles. The second-order valence-electron chi connectivity index (χ2n) is 5.90. The summed E-state index contributed by atoms with van der Waals surface area (Å²) in [4.78, 5) is 12.2. The Hall–Kier alpha value is -1.59. The third-order valence-corrected chi connectivity index (χ3v) is 4.36. The Morgan fingerprint density at radius 1 is 1.48 bits per heavy atom. The summed E-state index contributed by atoms with van der Waals surface area (Å²) in [6, 6.07) is 7.92. The Bertz CT molecular complexity index is 506. The van der Waals surface area contributed by atoms with Crippen LogP contribution in [-0.4, -0.2) is 31.3 Å². The van der Waals surface area contributed by atoms with Crippen molar-refractivity contribution in [1.29, 1.82) is 0 Å². The standard InChI is InChI=1S/C16H25N3O2/c1-11(17-4)13-6-5-7-14(10-13)18-15(20)19-16(3)8-9-21-12(16)2/h5-7,10-12,17H,8-9H2,1-4H3,(H2,18,19,20). The van der Waals surface area contributed by atoms with Crippen LogP contribution in [0.25, 0.3) is 0 Å². The van der Waals surface area contributed by atoms with Crippen molar-refractivity contribution < 1.29 is 9.53 Å². The smallest absolute Gasteiger partial charge is 0.319 e. The summed E-state index contributed by atoms with van der Waals surface area (Å²) in [6.45, 7) is 6.77. The van der Waals surface area contributed by atoms with Crippen LogP contribution in [-0.2, 0) is 4.74 Å². The zero-order chi connectivity index (χ0) is 15.5. The maximum absolute atomic E-state index is 12.2. The number of amides is 2. The zero-order valence-corrected chi connectivity index (χ0v) is 13.2. The largest absolute Gasteiger partial charge is 0.376 e. The topological polar surface area (TPSA) is 62.4 Å². The van der Waals surface area contributed by atoms with Gasteiger partial charge in [-0.1, -0.05) is 12.1 Å². The Kier molecular flexibility index (Phi) is 4.85. The van der Waals surface area contributed by atoms with E-state index in [-0.39, 0.29) is 23.7 Å². The second kappa shape index (κ2) is 6.45. The van der Waals surface area contributed by atoms with Gasteiger partial charge in [0.15, 0.2) is 0 Å². The Morgan fingerprint density at radius 2 is 2.24 bits per heavy atom. The number of rotatable bonds is 4. The fourth-order valence-electron chi connectivity index (χ4n) is 2.47. The van der Waals surface area contributed by atoms with Crippen LogP contribution in [0.3, 0.4) is 0 Å². The average molecular weight is 291 g/mol. The van der Waals surface area contributed by atoms with Gasteiger partial charge in [-0.2, -0.15) is 0 Å². The molecule has 116 valence electrons. The van der Waals surface area contributed by atoms with Gasteiger partial charge >= 0.3 is 6.03 Å². The molecule has 3 atom stereocenters. The van der Waals surface area contributed by atoms with Gasteiger partial charge in [0.05, 0.1) is 11.6 Å². The number of carbonyl (C=O) groups is 1. The lowest BCUT2D eigenvalue weighted by Gasteiger charge is -2.28. The molecule has 1 aliphatic heterocycles. The van der Waals surface area contributed by atoms with Gasteiger partial charge in [0.1, 0.15) is 0 Å². The molecule has 5 heteroatoms. The van der Waals surface area contributed by atoms with Gasteiger partial charge in [-0.05, 0) is 51.9 Å². The normalized spacial score (nSPS) is 26.4. The lowest BCUT2D eigenvalue weighted by molar-refractivity contribution is 0.0920. The summed E-state index contributed by atoms with van der Waals surface area (Å²) in [6.07, 6.45) is 0.859. The van der Waals surface area contributed by atoms with E-state index >= 15 is 0 Å². The van der Waals surface area contributed by atoms with E-state index in [1.54, 1.807) is 0 Å². The van der Waals surface area contributed by atoms with Gasteiger partial charge in [-0.3, -0.25) is 0 Å². The van der Waals surface area contributed by atoms with Gasteiger partial charge in [0.25, 0.3) is 0 Å². The van der Waals surface area contributed by atoms with Crippen molar-refractivity contribution in [2.75, 3.05) is 19.0 Å². The van der Waals surface area contributed by atoms with Gasteiger partial charge in [0.2, 0.25) is 0 Å². The van der Waals surface area contributed by atoms with E-state index in [0.717, 1.165) is 17.7 Å². The minimum atomic E-state index is -0.306. The molecule has 0 radical (unpaired) electrons. The average Bonchev–Trinajstić information content (AvgIpc) is 2.77. The van der Waals surface area contributed by atoms with Crippen molar-refractivity contribution in [3.05, 3.63) is 29.8 Å². The van der Waals surface area contributed by atoms with E-state index in [0.29, 0.717) is 6.61 Å². The molecule has 3 N–H and O–H groups in total. The van der Waals surface area contributed by atoms with E-state index in [4.69, 9.17) is 4.74 Å².